The number of aryl methyl sites for hydroxylation is 2. The van der Waals surface area contributed by atoms with E-state index in [-0.39, 0.29) is 12.0 Å². The molecule has 4 heteroatoms. The van der Waals surface area contributed by atoms with Gasteiger partial charge in [0.2, 0.25) is 5.91 Å². The van der Waals surface area contributed by atoms with Crippen LogP contribution in [0.4, 0.5) is 0 Å². The summed E-state index contributed by atoms with van der Waals surface area (Å²) in [5, 5.41) is 3.37. The van der Waals surface area contributed by atoms with E-state index in [0.717, 1.165) is 50.2 Å². The van der Waals surface area contributed by atoms with Gasteiger partial charge in [-0.15, -0.1) is 0 Å². The van der Waals surface area contributed by atoms with Crippen molar-refractivity contribution in [1.29, 1.82) is 0 Å². The molecule has 2 heterocycles. The summed E-state index contributed by atoms with van der Waals surface area (Å²) in [5.74, 6) is 1.27. The molecule has 0 bridgehead atoms. The second-order valence-electron chi connectivity index (χ2n) is 6.56. The number of rotatable bonds is 4. The van der Waals surface area contributed by atoms with Crippen molar-refractivity contribution in [3.63, 3.8) is 0 Å². The number of hydrogen-bond acceptors (Lipinski definition) is 3. The minimum Gasteiger partial charge on any atom is -0.490 e. The Labute approximate surface area is 132 Å². The number of piperidine rings is 1. The Kier molecular flexibility index (Phi) is 4.67. The number of carbonyl (C=O) groups excluding carboxylic acids is 1. The van der Waals surface area contributed by atoms with E-state index in [0.29, 0.717) is 13.0 Å². The van der Waals surface area contributed by atoms with Gasteiger partial charge in [-0.3, -0.25) is 4.79 Å². The molecule has 2 fully saturated rings. The molecular weight excluding hydrogens is 276 g/mol. The molecular formula is C18H26N2O2. The van der Waals surface area contributed by atoms with Crippen LogP contribution in [0, 0.1) is 13.8 Å². The van der Waals surface area contributed by atoms with Crippen LogP contribution in [-0.4, -0.2) is 36.5 Å². The Morgan fingerprint density at radius 2 is 2.05 bits per heavy atom. The summed E-state index contributed by atoms with van der Waals surface area (Å²) in [5.41, 5.74) is 3.57. The number of amides is 1. The fourth-order valence-corrected chi connectivity index (χ4v) is 3.49. The van der Waals surface area contributed by atoms with Crippen molar-refractivity contribution in [3.8, 4) is 5.75 Å². The predicted octanol–water partition coefficient (Wildman–Crippen LogP) is 2.56. The van der Waals surface area contributed by atoms with Gasteiger partial charge in [-0.25, -0.2) is 0 Å². The van der Waals surface area contributed by atoms with Crippen LogP contribution in [0.3, 0.4) is 0 Å². The maximum Gasteiger partial charge on any atom is 0.222 e. The quantitative estimate of drug-likeness (QED) is 0.929. The second-order valence-corrected chi connectivity index (χ2v) is 6.56. The van der Waals surface area contributed by atoms with Crippen LogP contribution in [0.2, 0.25) is 0 Å². The van der Waals surface area contributed by atoms with Gasteiger partial charge >= 0.3 is 0 Å². The summed E-state index contributed by atoms with van der Waals surface area (Å²) in [6, 6.07) is 4.35. The molecule has 0 aliphatic carbocycles. The number of carbonyl (C=O) groups is 1. The Balaban J connectivity index is 1.81. The highest BCUT2D eigenvalue weighted by molar-refractivity contribution is 5.78. The SMILES string of the molecule is Cc1cc(C)c(OC2CCNCC2)c(CN2CCCC2=O)c1. The normalized spacial score (nSPS) is 19.7. The lowest BCUT2D eigenvalue weighted by Crippen LogP contribution is -2.34. The molecule has 2 aliphatic heterocycles. The monoisotopic (exact) mass is 302 g/mol. The summed E-state index contributed by atoms with van der Waals surface area (Å²) < 4.78 is 6.34. The molecule has 1 aromatic carbocycles. The van der Waals surface area contributed by atoms with E-state index in [1.807, 2.05) is 4.90 Å². The number of nitrogens with one attached hydrogen (secondary N) is 1. The number of likely N-dealkylation sites (tertiary alicyclic amines) is 1. The first-order valence-corrected chi connectivity index (χ1v) is 8.39. The second kappa shape index (κ2) is 6.69. The summed E-state index contributed by atoms with van der Waals surface area (Å²) >= 11 is 0. The molecule has 1 N–H and O–H groups in total. The van der Waals surface area contributed by atoms with E-state index < -0.39 is 0 Å². The van der Waals surface area contributed by atoms with E-state index in [1.54, 1.807) is 0 Å². The largest absolute Gasteiger partial charge is 0.490 e. The van der Waals surface area contributed by atoms with Gasteiger partial charge in [-0.05, 0) is 51.8 Å². The predicted molar refractivity (Wildman–Crippen MR) is 87.1 cm³/mol. The van der Waals surface area contributed by atoms with Gasteiger partial charge in [-0.1, -0.05) is 17.7 Å². The van der Waals surface area contributed by atoms with Crippen LogP contribution >= 0.6 is 0 Å². The summed E-state index contributed by atoms with van der Waals surface area (Å²) in [4.78, 5) is 13.9. The lowest BCUT2D eigenvalue weighted by Gasteiger charge is -2.27. The maximum atomic E-state index is 11.9. The molecule has 4 nitrogen and oxygen atoms in total. The minimum atomic E-state index is 0.270. The van der Waals surface area contributed by atoms with Crippen molar-refractivity contribution in [1.82, 2.24) is 10.2 Å². The number of hydrogen-bond donors (Lipinski definition) is 1. The molecule has 3 rings (SSSR count). The number of benzene rings is 1. The Morgan fingerprint density at radius 3 is 2.73 bits per heavy atom. The van der Waals surface area contributed by atoms with Gasteiger partial charge < -0.3 is 15.0 Å². The third-order valence-corrected chi connectivity index (χ3v) is 4.60. The van der Waals surface area contributed by atoms with Crippen molar-refractivity contribution >= 4 is 5.91 Å². The average Bonchev–Trinajstić information content (AvgIpc) is 2.89. The van der Waals surface area contributed by atoms with Crippen LogP contribution in [0.5, 0.6) is 5.75 Å². The van der Waals surface area contributed by atoms with Crippen LogP contribution in [0.15, 0.2) is 12.1 Å². The molecule has 0 atom stereocenters. The van der Waals surface area contributed by atoms with Crippen LogP contribution in [0.1, 0.15) is 42.4 Å². The fourth-order valence-electron chi connectivity index (χ4n) is 3.49. The molecule has 1 amide bonds. The number of ether oxygens (including phenoxy) is 1. The summed E-state index contributed by atoms with van der Waals surface area (Å²) in [6.07, 6.45) is 4.06. The van der Waals surface area contributed by atoms with Gasteiger partial charge in [0.05, 0.1) is 0 Å². The zero-order valence-corrected chi connectivity index (χ0v) is 13.7. The number of nitrogens with zero attached hydrogens (tertiary/aromatic N) is 1. The van der Waals surface area contributed by atoms with Crippen molar-refractivity contribution in [2.45, 2.75) is 52.2 Å². The van der Waals surface area contributed by atoms with E-state index >= 15 is 0 Å². The molecule has 2 saturated heterocycles. The van der Waals surface area contributed by atoms with E-state index in [4.69, 9.17) is 4.74 Å². The third-order valence-electron chi connectivity index (χ3n) is 4.60. The molecule has 0 spiro atoms. The van der Waals surface area contributed by atoms with Crippen molar-refractivity contribution in [3.05, 3.63) is 28.8 Å². The van der Waals surface area contributed by atoms with Crippen molar-refractivity contribution in [2.75, 3.05) is 19.6 Å². The zero-order valence-electron chi connectivity index (χ0n) is 13.7. The van der Waals surface area contributed by atoms with Crippen LogP contribution in [-0.2, 0) is 11.3 Å². The van der Waals surface area contributed by atoms with Crippen LogP contribution in [0.25, 0.3) is 0 Å². The topological polar surface area (TPSA) is 41.6 Å². The standard InChI is InChI=1S/C18H26N2O2/c1-13-10-14(2)18(22-16-5-7-19-8-6-16)15(11-13)12-20-9-3-4-17(20)21/h10-11,16,19H,3-9,12H2,1-2H3. The molecule has 2 aliphatic rings. The molecule has 0 aromatic heterocycles. The fraction of sp³-hybridized carbons (Fsp3) is 0.611. The molecule has 0 saturated carbocycles. The van der Waals surface area contributed by atoms with Crippen molar-refractivity contribution in [2.24, 2.45) is 0 Å². The lowest BCUT2D eigenvalue weighted by atomic mass is 10.0. The Hall–Kier alpha value is -1.55. The Morgan fingerprint density at radius 1 is 1.27 bits per heavy atom. The first kappa shape index (κ1) is 15.3. The van der Waals surface area contributed by atoms with Gasteiger partial charge in [0.15, 0.2) is 0 Å². The van der Waals surface area contributed by atoms with E-state index in [9.17, 15) is 4.79 Å². The molecule has 0 radical (unpaired) electrons. The third kappa shape index (κ3) is 3.43. The molecule has 0 unspecified atom stereocenters. The molecule has 120 valence electrons. The van der Waals surface area contributed by atoms with Crippen LogP contribution < -0.4 is 10.1 Å². The first-order chi connectivity index (χ1) is 10.6. The minimum absolute atomic E-state index is 0.270. The maximum absolute atomic E-state index is 11.9. The Bertz CT molecular complexity index is 550. The van der Waals surface area contributed by atoms with Crippen molar-refractivity contribution < 1.29 is 9.53 Å². The highest BCUT2D eigenvalue weighted by Gasteiger charge is 2.23. The van der Waals surface area contributed by atoms with E-state index in [2.05, 4.69) is 31.3 Å². The summed E-state index contributed by atoms with van der Waals surface area (Å²) in [7, 11) is 0. The highest BCUT2D eigenvalue weighted by Crippen LogP contribution is 2.30. The smallest absolute Gasteiger partial charge is 0.222 e. The van der Waals surface area contributed by atoms with Gasteiger partial charge in [-0.2, -0.15) is 0 Å². The average molecular weight is 302 g/mol. The van der Waals surface area contributed by atoms with Gasteiger partial charge in [0, 0.05) is 25.1 Å². The summed E-state index contributed by atoms with van der Waals surface area (Å²) in [6.45, 7) is 7.82. The zero-order chi connectivity index (χ0) is 15.5. The lowest BCUT2D eigenvalue weighted by molar-refractivity contribution is -0.128. The molecule has 22 heavy (non-hydrogen) atoms. The van der Waals surface area contributed by atoms with E-state index in [1.165, 1.54) is 11.1 Å². The van der Waals surface area contributed by atoms with Gasteiger partial charge in [0.25, 0.3) is 0 Å². The van der Waals surface area contributed by atoms with Gasteiger partial charge in [0.1, 0.15) is 11.9 Å². The first-order valence-electron chi connectivity index (χ1n) is 8.39. The molecule has 1 aromatic rings. The highest BCUT2D eigenvalue weighted by atomic mass is 16.5.